The van der Waals surface area contributed by atoms with E-state index in [4.69, 9.17) is 11.6 Å². The number of hydrogen-bond acceptors (Lipinski definition) is 4. The second-order valence-electron chi connectivity index (χ2n) is 6.20. The van der Waals surface area contributed by atoms with Gasteiger partial charge in [0.15, 0.2) is 10.8 Å². The van der Waals surface area contributed by atoms with E-state index in [1.165, 1.54) is 23.9 Å². The molecule has 0 saturated carbocycles. The Bertz CT molecular complexity index is 1180. The van der Waals surface area contributed by atoms with Crippen LogP contribution in [0.4, 0.5) is 4.39 Å². The molecule has 0 radical (unpaired) electrons. The molecule has 4 rings (SSSR count). The highest BCUT2D eigenvalue weighted by Crippen LogP contribution is 2.23. The summed E-state index contributed by atoms with van der Waals surface area (Å²) in [6.07, 6.45) is 1.62. The molecule has 2 heterocycles. The third-order valence-electron chi connectivity index (χ3n) is 4.23. The number of thioether (sulfide) groups is 1. The lowest BCUT2D eigenvalue weighted by Gasteiger charge is -2.13. The molecule has 0 spiro atoms. The zero-order valence-corrected chi connectivity index (χ0v) is 16.3. The van der Waals surface area contributed by atoms with E-state index in [0.717, 1.165) is 11.1 Å². The van der Waals surface area contributed by atoms with Gasteiger partial charge in [0.1, 0.15) is 5.82 Å². The van der Waals surface area contributed by atoms with Crippen molar-refractivity contribution in [2.24, 2.45) is 0 Å². The molecular weight excluding hydrogens is 397 g/mol. The predicted octanol–water partition coefficient (Wildman–Crippen LogP) is 4.92. The zero-order chi connectivity index (χ0) is 19.5. The molecule has 0 saturated heterocycles. The number of aromatic nitrogens is 3. The smallest absolute Gasteiger partial charge is 0.263 e. The summed E-state index contributed by atoms with van der Waals surface area (Å²) >= 11 is 7.39. The Hall–Kier alpha value is -2.70. The van der Waals surface area contributed by atoms with Crippen molar-refractivity contribution in [2.45, 2.75) is 17.5 Å². The minimum atomic E-state index is -0.311. The number of benzene rings is 2. The fraction of sp³-hybridized carbons (Fsp3) is 0.0952. The highest BCUT2D eigenvalue weighted by Gasteiger charge is 2.13. The molecule has 0 unspecified atom stereocenters. The average molecular weight is 412 g/mol. The fourth-order valence-corrected chi connectivity index (χ4v) is 3.86. The van der Waals surface area contributed by atoms with Crippen molar-refractivity contribution < 1.29 is 4.39 Å². The number of fused-ring (bicyclic) bond motifs is 1. The van der Waals surface area contributed by atoms with Gasteiger partial charge in [0.2, 0.25) is 0 Å². The van der Waals surface area contributed by atoms with Crippen molar-refractivity contribution >= 4 is 34.4 Å². The van der Waals surface area contributed by atoms with Crippen LogP contribution in [0.5, 0.6) is 0 Å². The molecule has 2 aromatic carbocycles. The summed E-state index contributed by atoms with van der Waals surface area (Å²) in [4.78, 5) is 21.9. The van der Waals surface area contributed by atoms with Gasteiger partial charge < -0.3 is 0 Å². The summed E-state index contributed by atoms with van der Waals surface area (Å²) in [5.74, 6) is 0.319. The third kappa shape index (κ3) is 4.08. The standard InChI is InChI=1S/C21H15ClFN3OS/c22-16-7-3-15(4-8-16)13-28-21-25-19-18(2-1-11-24-19)20(27)26(21)12-14-5-9-17(23)10-6-14/h1-11H,12-13H2. The Morgan fingerprint density at radius 3 is 2.46 bits per heavy atom. The molecule has 140 valence electrons. The molecule has 28 heavy (non-hydrogen) atoms. The van der Waals surface area contributed by atoms with Crippen LogP contribution in [0.25, 0.3) is 11.0 Å². The molecule has 7 heteroatoms. The minimum absolute atomic E-state index is 0.166. The van der Waals surface area contributed by atoms with Gasteiger partial charge in [0.25, 0.3) is 5.56 Å². The van der Waals surface area contributed by atoms with Crippen LogP contribution in [-0.2, 0) is 12.3 Å². The van der Waals surface area contributed by atoms with Gasteiger partial charge in [-0.2, -0.15) is 0 Å². The number of pyridine rings is 1. The second-order valence-corrected chi connectivity index (χ2v) is 7.58. The first-order valence-electron chi connectivity index (χ1n) is 8.57. The van der Waals surface area contributed by atoms with Crippen molar-refractivity contribution in [2.75, 3.05) is 0 Å². The van der Waals surface area contributed by atoms with Crippen molar-refractivity contribution in [3.8, 4) is 0 Å². The van der Waals surface area contributed by atoms with Gasteiger partial charge in [0.05, 0.1) is 11.9 Å². The molecule has 4 nitrogen and oxygen atoms in total. The second kappa shape index (κ2) is 8.12. The first-order valence-corrected chi connectivity index (χ1v) is 9.94. The lowest BCUT2D eigenvalue weighted by molar-refractivity contribution is 0.622. The summed E-state index contributed by atoms with van der Waals surface area (Å²) < 4.78 is 14.8. The van der Waals surface area contributed by atoms with Crippen LogP contribution in [0.1, 0.15) is 11.1 Å². The Morgan fingerprint density at radius 1 is 1.00 bits per heavy atom. The van der Waals surface area contributed by atoms with Crippen LogP contribution in [0.3, 0.4) is 0 Å². The Labute approximate surface area is 170 Å². The molecule has 0 amide bonds. The van der Waals surface area contributed by atoms with Crippen LogP contribution in [0.2, 0.25) is 5.02 Å². The molecule has 0 aliphatic rings. The van der Waals surface area contributed by atoms with E-state index in [1.54, 1.807) is 35.0 Å². The molecule has 0 fully saturated rings. The Morgan fingerprint density at radius 2 is 1.71 bits per heavy atom. The number of rotatable bonds is 5. The number of nitrogens with zero attached hydrogens (tertiary/aromatic N) is 3. The molecule has 0 atom stereocenters. The van der Waals surface area contributed by atoms with E-state index in [2.05, 4.69) is 9.97 Å². The number of hydrogen-bond donors (Lipinski definition) is 0. The summed E-state index contributed by atoms with van der Waals surface area (Å²) in [7, 11) is 0. The molecule has 0 aliphatic carbocycles. The Kier molecular flexibility index (Phi) is 5.41. The van der Waals surface area contributed by atoms with Gasteiger partial charge in [-0.1, -0.05) is 47.6 Å². The maximum Gasteiger partial charge on any atom is 0.263 e. The third-order valence-corrected chi connectivity index (χ3v) is 5.53. The van der Waals surface area contributed by atoms with Crippen LogP contribution < -0.4 is 5.56 Å². The van der Waals surface area contributed by atoms with E-state index in [9.17, 15) is 9.18 Å². The van der Waals surface area contributed by atoms with Crippen molar-refractivity contribution in [3.05, 3.63) is 99.2 Å². The summed E-state index contributed by atoms with van der Waals surface area (Å²) in [5, 5.41) is 1.70. The predicted molar refractivity (Wildman–Crippen MR) is 110 cm³/mol. The highest BCUT2D eigenvalue weighted by atomic mass is 35.5. The Balaban J connectivity index is 1.73. The minimum Gasteiger partial charge on any atom is -0.282 e. The molecule has 0 N–H and O–H groups in total. The largest absolute Gasteiger partial charge is 0.282 e. The number of halogens is 2. The quantitative estimate of drug-likeness (QED) is 0.345. The molecular formula is C21H15ClFN3OS. The lowest BCUT2D eigenvalue weighted by Crippen LogP contribution is -2.24. The van der Waals surface area contributed by atoms with Gasteiger partial charge in [-0.15, -0.1) is 0 Å². The maximum atomic E-state index is 13.2. The molecule has 0 aliphatic heterocycles. The van der Waals surface area contributed by atoms with Gasteiger partial charge in [0, 0.05) is 17.0 Å². The van der Waals surface area contributed by atoms with E-state index in [-0.39, 0.29) is 11.4 Å². The van der Waals surface area contributed by atoms with Crippen LogP contribution in [0, 0.1) is 5.82 Å². The van der Waals surface area contributed by atoms with E-state index in [1.807, 2.05) is 24.3 Å². The molecule has 4 aromatic rings. The van der Waals surface area contributed by atoms with Gasteiger partial charge in [-0.25, -0.2) is 14.4 Å². The van der Waals surface area contributed by atoms with Crippen molar-refractivity contribution in [1.29, 1.82) is 0 Å². The van der Waals surface area contributed by atoms with Crippen LogP contribution in [-0.4, -0.2) is 14.5 Å². The fourth-order valence-electron chi connectivity index (χ4n) is 2.79. The van der Waals surface area contributed by atoms with Gasteiger partial charge in [-0.3, -0.25) is 9.36 Å². The average Bonchev–Trinajstić information content (AvgIpc) is 2.71. The summed E-state index contributed by atoms with van der Waals surface area (Å²) in [5.41, 5.74) is 2.14. The molecule has 2 aromatic heterocycles. The molecule has 0 bridgehead atoms. The maximum absolute atomic E-state index is 13.2. The van der Waals surface area contributed by atoms with E-state index < -0.39 is 0 Å². The summed E-state index contributed by atoms with van der Waals surface area (Å²) in [6, 6.07) is 17.1. The topological polar surface area (TPSA) is 47.8 Å². The normalized spacial score (nSPS) is 11.1. The van der Waals surface area contributed by atoms with Crippen LogP contribution in [0.15, 0.2) is 76.8 Å². The zero-order valence-electron chi connectivity index (χ0n) is 14.7. The highest BCUT2D eigenvalue weighted by molar-refractivity contribution is 7.98. The lowest BCUT2D eigenvalue weighted by atomic mass is 10.2. The van der Waals surface area contributed by atoms with Crippen LogP contribution >= 0.6 is 23.4 Å². The van der Waals surface area contributed by atoms with E-state index >= 15 is 0 Å². The first kappa shape index (κ1) is 18.7. The summed E-state index contributed by atoms with van der Waals surface area (Å²) in [6.45, 7) is 0.305. The van der Waals surface area contributed by atoms with Crippen molar-refractivity contribution in [3.63, 3.8) is 0 Å². The SMILES string of the molecule is O=c1c2cccnc2nc(SCc2ccc(Cl)cc2)n1Cc1ccc(F)cc1. The monoisotopic (exact) mass is 411 g/mol. The van der Waals surface area contributed by atoms with Crippen molar-refractivity contribution in [1.82, 2.24) is 14.5 Å². The van der Waals surface area contributed by atoms with E-state index in [0.29, 0.717) is 33.5 Å². The first-order chi connectivity index (χ1) is 13.6. The van der Waals surface area contributed by atoms with Gasteiger partial charge >= 0.3 is 0 Å². The van der Waals surface area contributed by atoms with Gasteiger partial charge in [-0.05, 0) is 47.5 Å².